The third kappa shape index (κ3) is 1.48. The van der Waals surface area contributed by atoms with Crippen LogP contribution in [0.2, 0.25) is 0 Å². The predicted molar refractivity (Wildman–Crippen MR) is 35.8 cm³/mol. The summed E-state index contributed by atoms with van der Waals surface area (Å²) < 4.78 is 5.03. The first-order chi connectivity index (χ1) is 4.74. The van der Waals surface area contributed by atoms with Crippen LogP contribution in [-0.2, 0) is 9.53 Å². The maximum Gasteiger partial charge on any atom is 0.306 e. The van der Waals surface area contributed by atoms with Crippen LogP contribution in [0.1, 0.15) is 19.3 Å². The largest absolute Gasteiger partial charge is 0.481 e. The number of ether oxygens (including phenoxy) is 1. The normalized spacial score (nSPS) is 32.5. The Morgan fingerprint density at radius 1 is 1.60 bits per heavy atom. The van der Waals surface area contributed by atoms with Crippen molar-refractivity contribution in [2.24, 2.45) is 5.92 Å². The third-order valence-corrected chi connectivity index (χ3v) is 2.07. The molecule has 1 aliphatic carbocycles. The van der Waals surface area contributed by atoms with Crippen molar-refractivity contribution < 1.29 is 14.6 Å². The molecular formula is C7H12O3. The van der Waals surface area contributed by atoms with Crippen LogP contribution in [0.5, 0.6) is 0 Å². The predicted octanol–water partition coefficient (Wildman–Crippen LogP) is 0.886. The van der Waals surface area contributed by atoms with E-state index in [1.54, 1.807) is 7.11 Å². The van der Waals surface area contributed by atoms with E-state index in [2.05, 4.69) is 0 Å². The number of carboxylic acid groups (broad SMARTS) is 1. The van der Waals surface area contributed by atoms with Crippen LogP contribution in [0, 0.1) is 5.92 Å². The average Bonchev–Trinajstić information content (AvgIpc) is 2.34. The topological polar surface area (TPSA) is 46.5 Å². The molecule has 1 saturated carbocycles. The summed E-state index contributed by atoms with van der Waals surface area (Å²) in [6, 6.07) is 0. The molecule has 2 unspecified atom stereocenters. The van der Waals surface area contributed by atoms with Gasteiger partial charge in [0.1, 0.15) is 0 Å². The molecule has 1 fully saturated rings. The highest BCUT2D eigenvalue weighted by molar-refractivity contribution is 5.70. The van der Waals surface area contributed by atoms with Gasteiger partial charge < -0.3 is 9.84 Å². The molecule has 10 heavy (non-hydrogen) atoms. The zero-order chi connectivity index (χ0) is 7.56. The van der Waals surface area contributed by atoms with Crippen LogP contribution in [0.25, 0.3) is 0 Å². The SMILES string of the molecule is COC1CCC(C(=O)O)C1. The van der Waals surface area contributed by atoms with Crippen LogP contribution in [0.3, 0.4) is 0 Å². The lowest BCUT2D eigenvalue weighted by Crippen LogP contribution is -2.11. The monoisotopic (exact) mass is 144 g/mol. The van der Waals surface area contributed by atoms with E-state index in [0.29, 0.717) is 6.42 Å². The number of aliphatic carboxylic acids is 1. The molecule has 0 aromatic carbocycles. The van der Waals surface area contributed by atoms with E-state index in [4.69, 9.17) is 9.84 Å². The van der Waals surface area contributed by atoms with Crippen molar-refractivity contribution in [1.29, 1.82) is 0 Å². The summed E-state index contributed by atoms with van der Waals surface area (Å²) in [5, 5.41) is 8.57. The minimum atomic E-state index is -0.681. The zero-order valence-corrected chi connectivity index (χ0v) is 6.04. The fourth-order valence-corrected chi connectivity index (χ4v) is 1.38. The second-order valence-corrected chi connectivity index (χ2v) is 2.71. The molecule has 58 valence electrons. The van der Waals surface area contributed by atoms with Gasteiger partial charge in [0, 0.05) is 7.11 Å². The van der Waals surface area contributed by atoms with Gasteiger partial charge in [-0.15, -0.1) is 0 Å². The van der Waals surface area contributed by atoms with Gasteiger partial charge in [0.05, 0.1) is 12.0 Å². The van der Waals surface area contributed by atoms with Crippen molar-refractivity contribution in [3.05, 3.63) is 0 Å². The molecule has 2 atom stereocenters. The third-order valence-electron chi connectivity index (χ3n) is 2.07. The molecule has 3 heteroatoms. The highest BCUT2D eigenvalue weighted by Gasteiger charge is 2.29. The second kappa shape index (κ2) is 3.01. The van der Waals surface area contributed by atoms with Gasteiger partial charge in [-0.1, -0.05) is 0 Å². The molecule has 0 bridgehead atoms. The number of hydrogen-bond donors (Lipinski definition) is 1. The summed E-state index contributed by atoms with van der Waals surface area (Å²) in [6.45, 7) is 0. The number of carbonyl (C=O) groups is 1. The Morgan fingerprint density at radius 3 is 2.60 bits per heavy atom. The highest BCUT2D eigenvalue weighted by Crippen LogP contribution is 2.27. The lowest BCUT2D eigenvalue weighted by atomic mass is 10.1. The Bertz CT molecular complexity index is 133. The van der Waals surface area contributed by atoms with Crippen LogP contribution >= 0.6 is 0 Å². The Hall–Kier alpha value is -0.570. The summed E-state index contributed by atoms with van der Waals surface area (Å²) >= 11 is 0. The number of carboxylic acids is 1. The number of rotatable bonds is 2. The first-order valence-corrected chi connectivity index (χ1v) is 3.49. The van der Waals surface area contributed by atoms with Crippen LogP contribution in [0.15, 0.2) is 0 Å². The lowest BCUT2D eigenvalue weighted by Gasteiger charge is -2.04. The molecule has 0 amide bonds. The van der Waals surface area contributed by atoms with Crippen molar-refractivity contribution in [2.75, 3.05) is 7.11 Å². The Balaban J connectivity index is 2.35. The second-order valence-electron chi connectivity index (χ2n) is 2.71. The Morgan fingerprint density at radius 2 is 2.30 bits per heavy atom. The molecule has 0 spiro atoms. The van der Waals surface area contributed by atoms with Gasteiger partial charge in [0.2, 0.25) is 0 Å². The first kappa shape index (κ1) is 7.54. The Kier molecular flexibility index (Phi) is 2.27. The van der Waals surface area contributed by atoms with Crippen molar-refractivity contribution in [3.8, 4) is 0 Å². The molecule has 1 rings (SSSR count). The van der Waals surface area contributed by atoms with Gasteiger partial charge in [-0.2, -0.15) is 0 Å². The standard InChI is InChI=1S/C7H12O3/c1-10-6-3-2-5(4-6)7(8)9/h5-6H,2-4H2,1H3,(H,8,9). The summed E-state index contributed by atoms with van der Waals surface area (Å²) in [6.07, 6.45) is 2.54. The van der Waals surface area contributed by atoms with Gasteiger partial charge in [-0.25, -0.2) is 0 Å². The van der Waals surface area contributed by atoms with Crippen molar-refractivity contribution in [2.45, 2.75) is 25.4 Å². The van der Waals surface area contributed by atoms with E-state index < -0.39 is 5.97 Å². The van der Waals surface area contributed by atoms with Gasteiger partial charge >= 0.3 is 5.97 Å². The van der Waals surface area contributed by atoms with Crippen LogP contribution in [-0.4, -0.2) is 24.3 Å². The zero-order valence-electron chi connectivity index (χ0n) is 6.04. The summed E-state index contributed by atoms with van der Waals surface area (Å²) in [4.78, 5) is 10.4. The molecule has 0 aromatic rings. The van der Waals surface area contributed by atoms with E-state index in [9.17, 15) is 4.79 Å². The summed E-state index contributed by atoms with van der Waals surface area (Å²) in [5.41, 5.74) is 0. The van der Waals surface area contributed by atoms with Crippen molar-refractivity contribution >= 4 is 5.97 Å². The van der Waals surface area contributed by atoms with Gasteiger partial charge in [0.25, 0.3) is 0 Å². The van der Waals surface area contributed by atoms with E-state index in [0.717, 1.165) is 12.8 Å². The molecule has 0 saturated heterocycles. The van der Waals surface area contributed by atoms with Gasteiger partial charge in [-0.3, -0.25) is 4.79 Å². The maximum absolute atomic E-state index is 10.4. The molecule has 3 nitrogen and oxygen atoms in total. The molecule has 1 aliphatic rings. The maximum atomic E-state index is 10.4. The number of methoxy groups -OCH3 is 1. The van der Waals surface area contributed by atoms with E-state index in [1.165, 1.54) is 0 Å². The molecule has 0 heterocycles. The minimum absolute atomic E-state index is 0.162. The number of hydrogen-bond acceptors (Lipinski definition) is 2. The quantitative estimate of drug-likeness (QED) is 0.626. The van der Waals surface area contributed by atoms with Gasteiger partial charge in [0.15, 0.2) is 0 Å². The molecule has 1 N–H and O–H groups in total. The first-order valence-electron chi connectivity index (χ1n) is 3.49. The van der Waals surface area contributed by atoms with Crippen molar-refractivity contribution in [1.82, 2.24) is 0 Å². The van der Waals surface area contributed by atoms with Crippen molar-refractivity contribution in [3.63, 3.8) is 0 Å². The summed E-state index contributed by atoms with van der Waals surface area (Å²) in [5.74, 6) is -0.843. The highest BCUT2D eigenvalue weighted by atomic mass is 16.5. The van der Waals surface area contributed by atoms with E-state index in [1.807, 2.05) is 0 Å². The Labute approximate surface area is 60.0 Å². The fraction of sp³-hybridized carbons (Fsp3) is 0.857. The molecule has 0 aliphatic heterocycles. The van der Waals surface area contributed by atoms with Crippen LogP contribution < -0.4 is 0 Å². The average molecular weight is 144 g/mol. The molecule has 0 radical (unpaired) electrons. The minimum Gasteiger partial charge on any atom is -0.481 e. The lowest BCUT2D eigenvalue weighted by molar-refractivity contribution is -0.141. The molecular weight excluding hydrogens is 132 g/mol. The van der Waals surface area contributed by atoms with E-state index in [-0.39, 0.29) is 12.0 Å². The fourth-order valence-electron chi connectivity index (χ4n) is 1.38. The van der Waals surface area contributed by atoms with Crippen LogP contribution in [0.4, 0.5) is 0 Å². The molecule has 0 aromatic heterocycles. The van der Waals surface area contributed by atoms with E-state index >= 15 is 0 Å². The smallest absolute Gasteiger partial charge is 0.306 e. The van der Waals surface area contributed by atoms with Gasteiger partial charge in [-0.05, 0) is 19.3 Å². The summed E-state index contributed by atoms with van der Waals surface area (Å²) in [7, 11) is 1.63.